The number of rotatable bonds is 9. The molecule has 0 fully saturated rings. The fourth-order valence-electron chi connectivity index (χ4n) is 2.78. The monoisotopic (exact) mass is 416 g/mol. The lowest BCUT2D eigenvalue weighted by atomic mass is 10.1. The van der Waals surface area contributed by atoms with Gasteiger partial charge in [0.05, 0.1) is 36.9 Å². The highest BCUT2D eigenvalue weighted by Crippen LogP contribution is 2.31. The first-order valence-electron chi connectivity index (χ1n) is 9.38. The molecule has 1 atom stereocenters. The van der Waals surface area contributed by atoms with Gasteiger partial charge in [-0.1, -0.05) is 6.07 Å². The minimum atomic E-state index is -0.770. The van der Waals surface area contributed by atoms with Gasteiger partial charge < -0.3 is 19.5 Å². The maximum atomic E-state index is 12.7. The van der Waals surface area contributed by atoms with Crippen molar-refractivity contribution >= 4 is 17.6 Å². The lowest BCUT2D eigenvalue weighted by molar-refractivity contribution is -0.384. The molecule has 0 aromatic heterocycles. The van der Waals surface area contributed by atoms with Crippen molar-refractivity contribution in [1.29, 1.82) is 0 Å². The average molecular weight is 416 g/mol. The third-order valence-corrected chi connectivity index (χ3v) is 4.23. The predicted molar refractivity (Wildman–Crippen MR) is 109 cm³/mol. The second-order valence-corrected chi connectivity index (χ2v) is 6.28. The summed E-state index contributed by atoms with van der Waals surface area (Å²) in [5, 5.41) is 13.9. The van der Waals surface area contributed by atoms with Crippen LogP contribution in [-0.4, -0.2) is 37.1 Å². The standard InChI is InChI=1S/C21H24N2O7/c1-5-29-18-8-7-14(12-19(18)30-6-2)13(3)22-20(24)15-9-16(21(25)28-4)11-17(10-15)23(26)27/h7-13H,5-6H2,1-4H3,(H,22,24)/t13-/m0/s1. The molecule has 0 aliphatic heterocycles. The molecule has 9 heteroatoms. The quantitative estimate of drug-likeness (QED) is 0.376. The van der Waals surface area contributed by atoms with Gasteiger partial charge in [-0.15, -0.1) is 0 Å². The van der Waals surface area contributed by atoms with Crippen molar-refractivity contribution in [3.8, 4) is 11.5 Å². The summed E-state index contributed by atoms with van der Waals surface area (Å²) in [5.74, 6) is -0.179. The lowest BCUT2D eigenvalue weighted by Gasteiger charge is -2.17. The zero-order chi connectivity index (χ0) is 22.3. The SMILES string of the molecule is CCOc1ccc([C@H](C)NC(=O)c2cc(C(=O)OC)cc([N+](=O)[O-])c2)cc1OCC. The van der Waals surface area contributed by atoms with Crippen molar-refractivity contribution in [3.63, 3.8) is 0 Å². The first-order valence-corrected chi connectivity index (χ1v) is 9.38. The summed E-state index contributed by atoms with van der Waals surface area (Å²) in [6.45, 7) is 6.43. The van der Waals surface area contributed by atoms with Gasteiger partial charge in [-0.05, 0) is 44.5 Å². The van der Waals surface area contributed by atoms with Crippen molar-refractivity contribution in [2.24, 2.45) is 0 Å². The molecule has 2 rings (SSSR count). The molecule has 0 bridgehead atoms. The first kappa shape index (κ1) is 22.7. The first-order chi connectivity index (χ1) is 14.3. The van der Waals surface area contributed by atoms with Crippen LogP contribution in [0, 0.1) is 10.1 Å². The fraction of sp³-hybridized carbons (Fsp3) is 0.333. The number of esters is 1. The van der Waals surface area contributed by atoms with E-state index in [0.29, 0.717) is 24.7 Å². The number of carbonyl (C=O) groups excluding carboxylic acids is 2. The summed E-state index contributed by atoms with van der Waals surface area (Å²) in [5.41, 5.74) is 0.279. The van der Waals surface area contributed by atoms with Gasteiger partial charge in [0.15, 0.2) is 11.5 Å². The van der Waals surface area contributed by atoms with Crippen LogP contribution in [0.25, 0.3) is 0 Å². The Morgan fingerprint density at radius 2 is 1.67 bits per heavy atom. The summed E-state index contributed by atoms with van der Waals surface area (Å²) in [7, 11) is 1.16. The second-order valence-electron chi connectivity index (χ2n) is 6.28. The molecule has 160 valence electrons. The van der Waals surface area contributed by atoms with E-state index in [1.807, 2.05) is 13.8 Å². The van der Waals surface area contributed by atoms with Crippen LogP contribution in [0.3, 0.4) is 0 Å². The number of nitrogens with one attached hydrogen (secondary N) is 1. The predicted octanol–water partition coefficient (Wildman–Crippen LogP) is 3.67. The van der Waals surface area contributed by atoms with Crippen molar-refractivity contribution in [1.82, 2.24) is 5.32 Å². The topological polar surface area (TPSA) is 117 Å². The molecule has 2 aromatic carbocycles. The van der Waals surface area contributed by atoms with E-state index in [0.717, 1.165) is 24.8 Å². The van der Waals surface area contributed by atoms with E-state index in [9.17, 15) is 19.7 Å². The van der Waals surface area contributed by atoms with Crippen LogP contribution in [0.2, 0.25) is 0 Å². The minimum Gasteiger partial charge on any atom is -0.490 e. The molecule has 0 aliphatic rings. The third kappa shape index (κ3) is 5.47. The molecule has 0 spiro atoms. The highest BCUT2D eigenvalue weighted by Gasteiger charge is 2.20. The summed E-state index contributed by atoms with van der Waals surface area (Å²) in [4.78, 5) is 35.0. The van der Waals surface area contributed by atoms with E-state index in [4.69, 9.17) is 9.47 Å². The third-order valence-electron chi connectivity index (χ3n) is 4.23. The zero-order valence-electron chi connectivity index (χ0n) is 17.3. The lowest BCUT2D eigenvalue weighted by Crippen LogP contribution is -2.27. The van der Waals surface area contributed by atoms with Crippen LogP contribution >= 0.6 is 0 Å². The van der Waals surface area contributed by atoms with Gasteiger partial charge in [-0.3, -0.25) is 14.9 Å². The molecular formula is C21H24N2O7. The number of amides is 1. The summed E-state index contributed by atoms with van der Waals surface area (Å²) >= 11 is 0. The van der Waals surface area contributed by atoms with E-state index in [1.54, 1.807) is 25.1 Å². The van der Waals surface area contributed by atoms with Crippen molar-refractivity contribution in [2.75, 3.05) is 20.3 Å². The van der Waals surface area contributed by atoms with Crippen LogP contribution in [0.1, 0.15) is 53.1 Å². The summed E-state index contributed by atoms with van der Waals surface area (Å²) in [6.07, 6.45) is 0. The average Bonchev–Trinajstić information content (AvgIpc) is 2.74. The summed E-state index contributed by atoms with van der Waals surface area (Å²) < 4.78 is 15.7. The van der Waals surface area contributed by atoms with Gasteiger partial charge in [0, 0.05) is 17.7 Å². The normalized spacial score (nSPS) is 11.3. The van der Waals surface area contributed by atoms with E-state index >= 15 is 0 Å². The molecule has 0 saturated heterocycles. The Balaban J connectivity index is 2.29. The van der Waals surface area contributed by atoms with Gasteiger partial charge in [0.25, 0.3) is 11.6 Å². The van der Waals surface area contributed by atoms with Crippen LogP contribution in [0.15, 0.2) is 36.4 Å². The zero-order valence-corrected chi connectivity index (χ0v) is 17.3. The molecule has 0 aliphatic carbocycles. The molecular weight excluding hydrogens is 392 g/mol. The highest BCUT2D eigenvalue weighted by atomic mass is 16.6. The Morgan fingerprint density at radius 3 is 2.27 bits per heavy atom. The molecule has 1 N–H and O–H groups in total. The maximum Gasteiger partial charge on any atom is 0.338 e. The molecule has 2 aromatic rings. The maximum absolute atomic E-state index is 12.7. The molecule has 0 saturated carbocycles. The summed E-state index contributed by atoms with van der Waals surface area (Å²) in [6, 6.07) is 8.32. The van der Waals surface area contributed by atoms with Crippen LogP contribution < -0.4 is 14.8 Å². The molecule has 0 radical (unpaired) electrons. The van der Waals surface area contributed by atoms with E-state index in [2.05, 4.69) is 10.1 Å². The number of ether oxygens (including phenoxy) is 3. The van der Waals surface area contributed by atoms with E-state index in [-0.39, 0.29) is 16.8 Å². The van der Waals surface area contributed by atoms with Gasteiger partial charge in [0.2, 0.25) is 0 Å². The van der Waals surface area contributed by atoms with Gasteiger partial charge in [-0.2, -0.15) is 0 Å². The number of methoxy groups -OCH3 is 1. The van der Waals surface area contributed by atoms with Crippen molar-refractivity contribution < 1.29 is 28.7 Å². The molecule has 30 heavy (non-hydrogen) atoms. The number of benzene rings is 2. The van der Waals surface area contributed by atoms with E-state index in [1.165, 1.54) is 6.07 Å². The minimum absolute atomic E-state index is 0.0209. The number of hydrogen-bond acceptors (Lipinski definition) is 7. The number of nitro benzene ring substituents is 1. The van der Waals surface area contributed by atoms with Gasteiger partial charge in [-0.25, -0.2) is 4.79 Å². The van der Waals surface area contributed by atoms with Crippen molar-refractivity contribution in [2.45, 2.75) is 26.8 Å². The Kier molecular flexibility index (Phi) is 7.74. The largest absolute Gasteiger partial charge is 0.490 e. The molecule has 0 heterocycles. The number of nitro groups is 1. The van der Waals surface area contributed by atoms with Crippen LogP contribution in [0.4, 0.5) is 5.69 Å². The highest BCUT2D eigenvalue weighted by molar-refractivity contribution is 5.99. The number of carbonyl (C=O) groups is 2. The smallest absolute Gasteiger partial charge is 0.338 e. The van der Waals surface area contributed by atoms with E-state index < -0.39 is 22.8 Å². The molecule has 9 nitrogen and oxygen atoms in total. The second kappa shape index (κ2) is 10.2. The Labute approximate surface area is 174 Å². The molecule has 1 amide bonds. The van der Waals surface area contributed by atoms with Crippen LogP contribution in [-0.2, 0) is 4.74 Å². The number of non-ortho nitro benzene ring substituents is 1. The van der Waals surface area contributed by atoms with Crippen molar-refractivity contribution in [3.05, 3.63) is 63.2 Å². The number of nitrogens with zero attached hydrogens (tertiary/aromatic N) is 1. The Bertz CT molecular complexity index is 943. The fourth-order valence-corrected chi connectivity index (χ4v) is 2.78. The Morgan fingerprint density at radius 1 is 1.03 bits per heavy atom. The van der Waals surface area contributed by atoms with Gasteiger partial charge in [0.1, 0.15) is 0 Å². The Hall–Kier alpha value is -3.62. The molecule has 0 unspecified atom stereocenters. The van der Waals surface area contributed by atoms with Gasteiger partial charge >= 0.3 is 5.97 Å². The number of hydrogen-bond donors (Lipinski definition) is 1. The van der Waals surface area contributed by atoms with Crippen LogP contribution in [0.5, 0.6) is 11.5 Å².